The highest BCUT2D eigenvalue weighted by atomic mass is 79.9. The zero-order valence-corrected chi connectivity index (χ0v) is 16.7. The van der Waals surface area contributed by atoms with Gasteiger partial charge in [0, 0.05) is 27.8 Å². The van der Waals surface area contributed by atoms with Crippen molar-refractivity contribution in [3.05, 3.63) is 92.4 Å². The number of hydrogen-bond donors (Lipinski definition) is 1. The summed E-state index contributed by atoms with van der Waals surface area (Å²) in [6.07, 6.45) is 0. The van der Waals surface area contributed by atoms with E-state index in [4.69, 9.17) is 16.6 Å². The first-order valence-corrected chi connectivity index (χ1v) is 9.55. The fourth-order valence-corrected chi connectivity index (χ4v) is 3.55. The van der Waals surface area contributed by atoms with E-state index in [9.17, 15) is 10.1 Å². The van der Waals surface area contributed by atoms with Crippen molar-refractivity contribution in [1.82, 2.24) is 9.97 Å². The fraction of sp³-hybridized carbons (Fsp3) is 0. The number of nitrogens with one attached hydrogen (secondary N) is 1. The Morgan fingerprint density at radius 1 is 0.929 bits per heavy atom. The second kappa shape index (κ2) is 7.58. The van der Waals surface area contributed by atoms with E-state index in [1.807, 2.05) is 48.5 Å². The number of imidazole rings is 1. The van der Waals surface area contributed by atoms with Gasteiger partial charge in [0.05, 0.1) is 20.8 Å². The molecule has 28 heavy (non-hydrogen) atoms. The summed E-state index contributed by atoms with van der Waals surface area (Å²) in [5.41, 5.74) is 3.99. The molecule has 0 amide bonds. The molecule has 0 aliphatic carbocycles. The minimum absolute atomic E-state index is 0.0144. The van der Waals surface area contributed by atoms with Gasteiger partial charge in [0.15, 0.2) is 0 Å². The quantitative estimate of drug-likeness (QED) is 0.274. The Labute approximate surface area is 174 Å². The van der Waals surface area contributed by atoms with Crippen molar-refractivity contribution < 1.29 is 4.92 Å². The van der Waals surface area contributed by atoms with E-state index in [1.54, 1.807) is 18.2 Å². The Morgan fingerprint density at radius 3 is 2.39 bits per heavy atom. The third kappa shape index (κ3) is 3.56. The lowest BCUT2D eigenvalue weighted by Gasteiger charge is -2.03. The molecule has 0 atom stereocenters. The fourth-order valence-electron chi connectivity index (χ4n) is 2.97. The molecule has 7 heteroatoms. The molecule has 0 bridgehead atoms. The summed E-state index contributed by atoms with van der Waals surface area (Å²) in [5, 5.41) is 11.9. The zero-order valence-electron chi connectivity index (χ0n) is 14.4. The standard InChI is InChI=1S/C21H13BrClN3O2/c22-17-10-9-15(12-18(17)26(27)28)21-24-19(13-5-2-1-3-6-13)20(25-21)14-7-4-8-16(23)11-14/h1-12H,(H,24,25). The topological polar surface area (TPSA) is 71.8 Å². The monoisotopic (exact) mass is 453 g/mol. The second-order valence-corrected chi connectivity index (χ2v) is 7.40. The average molecular weight is 455 g/mol. The number of hydrogen-bond acceptors (Lipinski definition) is 3. The molecule has 138 valence electrons. The van der Waals surface area contributed by atoms with E-state index in [-0.39, 0.29) is 5.69 Å². The second-order valence-electron chi connectivity index (χ2n) is 6.11. The molecular weight excluding hydrogens is 442 g/mol. The van der Waals surface area contributed by atoms with Crippen LogP contribution in [0.3, 0.4) is 0 Å². The van der Waals surface area contributed by atoms with Gasteiger partial charge < -0.3 is 4.98 Å². The van der Waals surface area contributed by atoms with Crippen LogP contribution < -0.4 is 0 Å². The number of rotatable bonds is 4. The first-order chi connectivity index (χ1) is 13.5. The predicted octanol–water partition coefficient (Wildman–Crippen LogP) is 6.73. The van der Waals surface area contributed by atoms with Crippen LogP contribution in [-0.4, -0.2) is 14.9 Å². The summed E-state index contributed by atoms with van der Waals surface area (Å²) in [4.78, 5) is 18.9. The van der Waals surface area contributed by atoms with Crippen LogP contribution in [0.5, 0.6) is 0 Å². The minimum atomic E-state index is -0.424. The lowest BCUT2D eigenvalue weighted by molar-refractivity contribution is -0.385. The summed E-state index contributed by atoms with van der Waals surface area (Å²) < 4.78 is 0.422. The number of H-pyrrole nitrogens is 1. The van der Waals surface area contributed by atoms with Gasteiger partial charge in [-0.15, -0.1) is 0 Å². The van der Waals surface area contributed by atoms with E-state index >= 15 is 0 Å². The van der Waals surface area contributed by atoms with Crippen LogP contribution in [0.15, 0.2) is 77.3 Å². The van der Waals surface area contributed by atoms with Crippen LogP contribution in [-0.2, 0) is 0 Å². The molecule has 3 aromatic carbocycles. The molecule has 0 fully saturated rings. The maximum Gasteiger partial charge on any atom is 0.284 e. The molecule has 0 aliphatic heterocycles. The van der Waals surface area contributed by atoms with E-state index in [0.717, 1.165) is 22.5 Å². The smallest absolute Gasteiger partial charge is 0.284 e. The molecule has 1 heterocycles. The lowest BCUT2D eigenvalue weighted by atomic mass is 10.1. The molecule has 0 radical (unpaired) electrons. The average Bonchev–Trinajstić information content (AvgIpc) is 3.14. The normalized spacial score (nSPS) is 10.8. The molecule has 0 unspecified atom stereocenters. The van der Waals surface area contributed by atoms with Gasteiger partial charge in [-0.2, -0.15) is 0 Å². The molecule has 1 N–H and O–H groups in total. The number of nitro benzene ring substituents is 1. The summed E-state index contributed by atoms with van der Waals surface area (Å²) in [7, 11) is 0. The maximum atomic E-state index is 11.3. The van der Waals surface area contributed by atoms with Gasteiger partial charge >= 0.3 is 0 Å². The maximum absolute atomic E-state index is 11.3. The van der Waals surface area contributed by atoms with E-state index in [1.165, 1.54) is 6.07 Å². The zero-order chi connectivity index (χ0) is 19.7. The van der Waals surface area contributed by atoms with E-state index < -0.39 is 4.92 Å². The Balaban J connectivity index is 1.91. The molecule has 0 spiro atoms. The highest BCUT2D eigenvalue weighted by Crippen LogP contribution is 2.35. The molecule has 5 nitrogen and oxygen atoms in total. The summed E-state index contributed by atoms with van der Waals surface area (Å²) >= 11 is 9.39. The molecule has 4 rings (SSSR count). The van der Waals surface area contributed by atoms with Gasteiger partial charge in [0.2, 0.25) is 0 Å². The minimum Gasteiger partial charge on any atom is -0.337 e. The highest BCUT2D eigenvalue weighted by Gasteiger charge is 2.18. The molecule has 4 aromatic rings. The van der Waals surface area contributed by atoms with Crippen LogP contribution in [0.1, 0.15) is 0 Å². The third-order valence-corrected chi connectivity index (χ3v) is 5.19. The Morgan fingerprint density at radius 2 is 1.68 bits per heavy atom. The van der Waals surface area contributed by atoms with Crippen molar-refractivity contribution in [1.29, 1.82) is 0 Å². The van der Waals surface area contributed by atoms with Gasteiger partial charge in [-0.05, 0) is 40.2 Å². The molecule has 0 saturated heterocycles. The molecule has 0 saturated carbocycles. The van der Waals surface area contributed by atoms with Crippen molar-refractivity contribution >= 4 is 33.2 Å². The van der Waals surface area contributed by atoms with Gasteiger partial charge in [0.25, 0.3) is 5.69 Å². The highest BCUT2D eigenvalue weighted by molar-refractivity contribution is 9.10. The van der Waals surface area contributed by atoms with Gasteiger partial charge in [-0.3, -0.25) is 10.1 Å². The van der Waals surface area contributed by atoms with Crippen molar-refractivity contribution in [2.75, 3.05) is 0 Å². The van der Waals surface area contributed by atoms with E-state index in [2.05, 4.69) is 20.9 Å². The largest absolute Gasteiger partial charge is 0.337 e. The molecule has 1 aromatic heterocycles. The number of nitro groups is 1. The van der Waals surface area contributed by atoms with Crippen LogP contribution >= 0.6 is 27.5 Å². The lowest BCUT2D eigenvalue weighted by Crippen LogP contribution is -1.91. The van der Waals surface area contributed by atoms with Gasteiger partial charge in [-0.1, -0.05) is 54.1 Å². The van der Waals surface area contributed by atoms with Gasteiger partial charge in [-0.25, -0.2) is 4.98 Å². The Kier molecular flexibility index (Phi) is 4.98. The number of aromatic amines is 1. The summed E-state index contributed by atoms with van der Waals surface area (Å²) in [6.45, 7) is 0. The predicted molar refractivity (Wildman–Crippen MR) is 114 cm³/mol. The van der Waals surface area contributed by atoms with Crippen LogP contribution in [0.25, 0.3) is 33.9 Å². The van der Waals surface area contributed by atoms with Crippen molar-refractivity contribution in [3.8, 4) is 33.9 Å². The molecule has 0 aliphatic rings. The number of benzene rings is 3. The first-order valence-electron chi connectivity index (χ1n) is 8.38. The Bertz CT molecular complexity index is 1180. The third-order valence-electron chi connectivity index (χ3n) is 4.28. The number of nitrogens with zero attached hydrogens (tertiary/aromatic N) is 2. The SMILES string of the molecule is O=[N+]([O-])c1cc(-c2nc(-c3cccc(Cl)c3)c(-c3ccccc3)[nH]2)ccc1Br. The molecular formula is C21H13BrClN3O2. The van der Waals surface area contributed by atoms with Crippen molar-refractivity contribution in [3.63, 3.8) is 0 Å². The first kappa shape index (κ1) is 18.4. The van der Waals surface area contributed by atoms with Crippen LogP contribution in [0.2, 0.25) is 5.02 Å². The Hall–Kier alpha value is -2.96. The number of halogens is 2. The summed E-state index contributed by atoms with van der Waals surface area (Å²) in [5.74, 6) is 0.546. The summed E-state index contributed by atoms with van der Waals surface area (Å²) in [6, 6.07) is 22.2. The van der Waals surface area contributed by atoms with Crippen molar-refractivity contribution in [2.45, 2.75) is 0 Å². The van der Waals surface area contributed by atoms with Gasteiger partial charge in [0.1, 0.15) is 5.82 Å². The van der Waals surface area contributed by atoms with Crippen LogP contribution in [0, 0.1) is 10.1 Å². The van der Waals surface area contributed by atoms with Crippen LogP contribution in [0.4, 0.5) is 5.69 Å². The number of aromatic nitrogens is 2. The van der Waals surface area contributed by atoms with E-state index in [0.29, 0.717) is 20.9 Å². The van der Waals surface area contributed by atoms with Crippen molar-refractivity contribution in [2.24, 2.45) is 0 Å².